The second kappa shape index (κ2) is 11.6. The average Bonchev–Trinajstić information content (AvgIpc) is 3.15. The third-order valence-corrected chi connectivity index (χ3v) is 9.56. The smallest absolute Gasteiger partial charge is 0.338 e. The molecule has 0 aromatic heterocycles. The Bertz CT molecular complexity index is 1420. The number of ketones is 1. The van der Waals surface area contributed by atoms with Gasteiger partial charge in [-0.15, -0.1) is 0 Å². The largest absolute Gasteiger partial charge is 0.462 e. The zero-order chi connectivity index (χ0) is 32.9. The number of esters is 4. The molecule has 44 heavy (non-hydrogen) atoms. The second-order valence-electron chi connectivity index (χ2n) is 12.7. The van der Waals surface area contributed by atoms with Gasteiger partial charge in [-0.05, 0) is 49.6 Å². The van der Waals surface area contributed by atoms with E-state index in [0.29, 0.717) is 0 Å². The third kappa shape index (κ3) is 5.26. The Kier molecular flexibility index (Phi) is 8.71. The molecule has 238 valence electrons. The lowest BCUT2D eigenvalue weighted by Crippen LogP contribution is -2.63. The second-order valence-corrected chi connectivity index (χ2v) is 12.7. The summed E-state index contributed by atoms with van der Waals surface area (Å²) in [6.45, 7) is 13.7. The molecule has 11 nitrogen and oxygen atoms in total. The van der Waals surface area contributed by atoms with Crippen molar-refractivity contribution in [3.05, 3.63) is 59.2 Å². The minimum absolute atomic E-state index is 0.108. The summed E-state index contributed by atoms with van der Waals surface area (Å²) in [6, 6.07) is 8.03. The van der Waals surface area contributed by atoms with E-state index in [0.717, 1.165) is 13.8 Å². The molecule has 11 heteroatoms. The van der Waals surface area contributed by atoms with Gasteiger partial charge in [0.15, 0.2) is 18.0 Å². The molecule has 0 radical (unpaired) electrons. The van der Waals surface area contributed by atoms with Crippen LogP contribution < -0.4 is 0 Å². The van der Waals surface area contributed by atoms with Crippen LogP contribution in [0.4, 0.5) is 0 Å². The number of hydrogen-bond acceptors (Lipinski definition) is 11. The van der Waals surface area contributed by atoms with Crippen molar-refractivity contribution in [1.29, 1.82) is 0 Å². The number of hydrogen-bond donors (Lipinski definition) is 2. The van der Waals surface area contributed by atoms with Crippen molar-refractivity contribution in [2.45, 2.75) is 97.4 Å². The highest BCUT2D eigenvalue weighted by Crippen LogP contribution is 2.65. The van der Waals surface area contributed by atoms with E-state index in [1.54, 1.807) is 25.1 Å². The van der Waals surface area contributed by atoms with Gasteiger partial charge in [-0.1, -0.05) is 31.7 Å². The van der Waals surface area contributed by atoms with Crippen molar-refractivity contribution >= 4 is 29.7 Å². The van der Waals surface area contributed by atoms with Crippen molar-refractivity contribution in [3.8, 4) is 0 Å². The molecule has 2 fully saturated rings. The Morgan fingerprint density at radius 1 is 0.932 bits per heavy atom. The van der Waals surface area contributed by atoms with E-state index in [4.69, 9.17) is 18.9 Å². The fourth-order valence-electron chi connectivity index (χ4n) is 7.61. The molecule has 8 atom stereocenters. The van der Waals surface area contributed by atoms with Crippen LogP contribution in [0.5, 0.6) is 0 Å². The van der Waals surface area contributed by atoms with Gasteiger partial charge in [-0.25, -0.2) is 4.79 Å². The zero-order valence-corrected chi connectivity index (χ0v) is 26.0. The summed E-state index contributed by atoms with van der Waals surface area (Å²) in [7, 11) is 0. The predicted octanol–water partition coefficient (Wildman–Crippen LogP) is 3.01. The maximum Gasteiger partial charge on any atom is 0.338 e. The highest BCUT2D eigenvalue weighted by Gasteiger charge is 2.74. The van der Waals surface area contributed by atoms with Crippen molar-refractivity contribution in [1.82, 2.24) is 0 Å². The lowest BCUT2D eigenvalue weighted by molar-refractivity contribution is -0.212. The van der Waals surface area contributed by atoms with E-state index in [2.05, 4.69) is 6.58 Å². The third-order valence-electron chi connectivity index (χ3n) is 9.56. The fourth-order valence-corrected chi connectivity index (χ4v) is 7.61. The summed E-state index contributed by atoms with van der Waals surface area (Å²) < 4.78 is 24.0. The summed E-state index contributed by atoms with van der Waals surface area (Å²) in [4.78, 5) is 65.5. The van der Waals surface area contributed by atoms with Crippen LogP contribution in [0.25, 0.3) is 0 Å². The van der Waals surface area contributed by atoms with Gasteiger partial charge in [0.2, 0.25) is 0 Å². The van der Waals surface area contributed by atoms with Gasteiger partial charge >= 0.3 is 23.9 Å². The molecule has 4 rings (SSSR count). The number of aliphatic hydroxyl groups excluding tert-OH is 1. The van der Waals surface area contributed by atoms with Crippen molar-refractivity contribution in [2.75, 3.05) is 0 Å². The van der Waals surface area contributed by atoms with Gasteiger partial charge in [0, 0.05) is 39.5 Å². The number of aliphatic hydroxyl groups is 2. The summed E-state index contributed by atoms with van der Waals surface area (Å²) in [5, 5.41) is 23.3. The number of ether oxygens (including phenoxy) is 4. The Morgan fingerprint density at radius 2 is 1.48 bits per heavy atom. The molecule has 3 aliphatic carbocycles. The van der Waals surface area contributed by atoms with E-state index in [9.17, 15) is 34.2 Å². The van der Waals surface area contributed by atoms with Crippen molar-refractivity contribution in [3.63, 3.8) is 0 Å². The molecule has 0 heterocycles. The van der Waals surface area contributed by atoms with Crippen LogP contribution in [0.15, 0.2) is 53.6 Å². The number of carbonyl (C=O) groups excluding carboxylic acids is 5. The maximum atomic E-state index is 13.7. The molecule has 2 saturated carbocycles. The molecule has 1 aromatic rings. The Labute approximate surface area is 256 Å². The standard InChI is InChI=1S/C33H40O11/c1-16-22(37)14-24(41-18(3)34)32(8)26(16)28(42-19(4)35)33(31(6,7)40)15-23(38)17(2)25(33)27(29(32)43-20(5)36)44-30(39)21-12-10-9-11-13-21/h9-13,22,24,26-29,37,40H,1,14-15H2,2-8H3/t22-,24-,26-,27+,28-,29-,32+,33-/m0/s1. The van der Waals surface area contributed by atoms with E-state index in [1.807, 2.05) is 0 Å². The summed E-state index contributed by atoms with van der Waals surface area (Å²) in [6.07, 6.45) is -7.40. The molecular formula is C33H40O11. The highest BCUT2D eigenvalue weighted by molar-refractivity contribution is 6.00. The zero-order valence-electron chi connectivity index (χ0n) is 26.0. The van der Waals surface area contributed by atoms with E-state index >= 15 is 0 Å². The fraction of sp³-hybridized carbons (Fsp3) is 0.545. The number of allylic oxidation sites excluding steroid dienone is 1. The van der Waals surface area contributed by atoms with Gasteiger partial charge in [0.05, 0.1) is 28.1 Å². The van der Waals surface area contributed by atoms with E-state index in [1.165, 1.54) is 39.8 Å². The van der Waals surface area contributed by atoms with Crippen LogP contribution in [0, 0.1) is 16.7 Å². The highest BCUT2D eigenvalue weighted by atomic mass is 16.6. The normalized spacial score (nSPS) is 33.5. The molecule has 0 amide bonds. The Balaban J connectivity index is 2.17. The molecule has 0 aliphatic heterocycles. The van der Waals surface area contributed by atoms with Crippen LogP contribution in [0.2, 0.25) is 0 Å². The topological polar surface area (TPSA) is 163 Å². The maximum absolute atomic E-state index is 13.7. The quantitative estimate of drug-likeness (QED) is 0.276. The number of carbonyl (C=O) groups is 5. The lowest BCUT2D eigenvalue weighted by Gasteiger charge is -2.55. The first-order chi connectivity index (χ1) is 20.4. The van der Waals surface area contributed by atoms with Gasteiger partial charge in [0.25, 0.3) is 0 Å². The van der Waals surface area contributed by atoms with Gasteiger partial charge in [0.1, 0.15) is 12.2 Å². The van der Waals surface area contributed by atoms with Crippen LogP contribution in [0.3, 0.4) is 0 Å². The average molecular weight is 613 g/mol. The minimum atomic E-state index is -1.83. The molecule has 3 aliphatic rings. The number of fused-ring (bicyclic) bond motifs is 2. The summed E-state index contributed by atoms with van der Waals surface area (Å²) in [5.74, 6) is -4.66. The van der Waals surface area contributed by atoms with Crippen LogP contribution >= 0.6 is 0 Å². The minimum Gasteiger partial charge on any atom is -0.462 e. The van der Waals surface area contributed by atoms with Crippen LogP contribution in [0.1, 0.15) is 71.7 Å². The predicted molar refractivity (Wildman–Crippen MR) is 155 cm³/mol. The number of rotatable bonds is 6. The summed E-state index contributed by atoms with van der Waals surface area (Å²) >= 11 is 0. The lowest BCUT2D eigenvalue weighted by atomic mass is 9.54. The monoisotopic (exact) mass is 612 g/mol. The number of Topliss-reactive ketones (excluding diaryl/α,β-unsaturated/α-hetero) is 1. The van der Waals surface area contributed by atoms with Gasteiger partial charge < -0.3 is 29.2 Å². The van der Waals surface area contributed by atoms with Crippen molar-refractivity contribution in [2.24, 2.45) is 16.7 Å². The van der Waals surface area contributed by atoms with Gasteiger partial charge in [-0.3, -0.25) is 19.2 Å². The molecule has 0 unspecified atom stereocenters. The first kappa shape index (κ1) is 33.1. The first-order valence-corrected chi connectivity index (χ1v) is 14.5. The summed E-state index contributed by atoms with van der Waals surface area (Å²) in [5.41, 5.74) is -4.63. The number of benzene rings is 1. The molecule has 2 N–H and O–H groups in total. The van der Waals surface area contributed by atoms with E-state index in [-0.39, 0.29) is 35.1 Å². The van der Waals surface area contributed by atoms with Crippen molar-refractivity contribution < 1.29 is 53.1 Å². The molecule has 0 bridgehead atoms. The Hall–Kier alpha value is -3.83. The van der Waals surface area contributed by atoms with E-state index < -0.39 is 82.5 Å². The van der Waals surface area contributed by atoms with Crippen LogP contribution in [-0.2, 0) is 38.1 Å². The molecular weight excluding hydrogens is 572 g/mol. The first-order valence-electron chi connectivity index (χ1n) is 14.5. The molecule has 1 aromatic carbocycles. The molecule has 0 saturated heterocycles. The van der Waals surface area contributed by atoms with Gasteiger partial charge in [-0.2, -0.15) is 0 Å². The van der Waals surface area contributed by atoms with Crippen LogP contribution in [-0.4, -0.2) is 76.0 Å². The Morgan fingerprint density at radius 3 is 2.00 bits per heavy atom. The SMILES string of the molecule is C=C1[C@@H](O)C[C@H](OC(C)=O)[C@@]2(C)[C@@H](OC(C)=O)[C@H](OC(=O)c3ccccc3)C3=C(C)C(=O)C[C@@]3(C(C)(C)O)[C@@H](OC(C)=O)[C@H]12. The molecule has 0 spiro atoms.